The molecular weight excluding hydrogens is 508 g/mol. The lowest BCUT2D eigenvalue weighted by Crippen LogP contribution is -2.39. The monoisotopic (exact) mass is 534 g/mol. The van der Waals surface area contributed by atoms with Crippen molar-refractivity contribution in [3.8, 4) is 17.2 Å². The van der Waals surface area contributed by atoms with Crippen molar-refractivity contribution in [3.05, 3.63) is 97.2 Å². The average molecular weight is 535 g/mol. The number of benzene rings is 2. The first-order chi connectivity index (χ1) is 18.3. The highest BCUT2D eigenvalue weighted by molar-refractivity contribution is 7.07. The van der Waals surface area contributed by atoms with Crippen molar-refractivity contribution in [2.24, 2.45) is 4.99 Å². The number of methoxy groups -OCH3 is 2. The van der Waals surface area contributed by atoms with Crippen LogP contribution in [0.1, 0.15) is 31.0 Å². The van der Waals surface area contributed by atoms with Crippen molar-refractivity contribution in [3.63, 3.8) is 0 Å². The number of rotatable bonds is 8. The number of esters is 2. The van der Waals surface area contributed by atoms with E-state index < -0.39 is 18.0 Å². The van der Waals surface area contributed by atoms with Crippen LogP contribution in [0.15, 0.2) is 76.2 Å². The number of carbonyl (C=O) groups excluding carboxylic acids is 2. The highest BCUT2D eigenvalue weighted by Gasteiger charge is 2.33. The topological polar surface area (TPSA) is 105 Å². The molecule has 1 aliphatic rings. The molecule has 38 heavy (non-hydrogen) atoms. The van der Waals surface area contributed by atoms with E-state index >= 15 is 0 Å². The van der Waals surface area contributed by atoms with E-state index in [0.29, 0.717) is 43.4 Å². The van der Waals surface area contributed by atoms with Crippen LogP contribution in [-0.4, -0.2) is 37.3 Å². The normalized spacial score (nSPS) is 14.8. The molecule has 2 aromatic carbocycles. The van der Waals surface area contributed by atoms with E-state index in [0.717, 1.165) is 0 Å². The van der Waals surface area contributed by atoms with Gasteiger partial charge in [0, 0.05) is 12.5 Å². The number of carbonyl (C=O) groups is 2. The van der Waals surface area contributed by atoms with Gasteiger partial charge in [0.1, 0.15) is 12.4 Å². The molecule has 0 radical (unpaired) electrons. The first-order valence-corrected chi connectivity index (χ1v) is 12.4. The van der Waals surface area contributed by atoms with Gasteiger partial charge < -0.3 is 18.9 Å². The van der Waals surface area contributed by atoms with Gasteiger partial charge in [-0.2, -0.15) is 0 Å². The largest absolute Gasteiger partial charge is 0.493 e. The molecule has 0 fully saturated rings. The Morgan fingerprint density at radius 1 is 1.13 bits per heavy atom. The fourth-order valence-electron chi connectivity index (χ4n) is 4.16. The molecule has 2 heterocycles. The Morgan fingerprint density at radius 2 is 1.87 bits per heavy atom. The molecule has 0 amide bonds. The Balaban J connectivity index is 1.92. The number of aromatic nitrogens is 1. The number of nitrogens with zero attached hydrogens (tertiary/aromatic N) is 2. The lowest BCUT2D eigenvalue weighted by atomic mass is 9.96. The Kier molecular flexibility index (Phi) is 7.92. The number of hydrogen-bond acceptors (Lipinski definition) is 9. The van der Waals surface area contributed by atoms with Crippen LogP contribution < -0.4 is 29.1 Å². The summed E-state index contributed by atoms with van der Waals surface area (Å²) in [5.41, 5.74) is 1.59. The van der Waals surface area contributed by atoms with Crippen molar-refractivity contribution >= 4 is 29.4 Å². The highest BCUT2D eigenvalue weighted by atomic mass is 32.1. The van der Waals surface area contributed by atoms with E-state index in [-0.39, 0.29) is 17.7 Å². The van der Waals surface area contributed by atoms with Gasteiger partial charge in [0.2, 0.25) is 0 Å². The zero-order valence-corrected chi connectivity index (χ0v) is 22.2. The van der Waals surface area contributed by atoms with Crippen molar-refractivity contribution in [1.29, 1.82) is 0 Å². The number of allylic oxidation sites excluding steroid dienone is 1. The van der Waals surface area contributed by atoms with Gasteiger partial charge in [0.05, 0.1) is 36.1 Å². The second kappa shape index (κ2) is 11.3. The molecule has 1 atom stereocenters. The standard InChI is InChI=1S/C28H26N2O7S/c1-6-14-36-27(33)23-16(2)29-28-30(24(23)18-10-12-20(13-11-18)37-17(3)31)26(32)22(38-28)15-19-8-7-9-21(34-4)25(19)35-5/h6-13,15,24H,1,14H2,2-5H3/b22-15-/t24-/m1/s1. The van der Waals surface area contributed by atoms with E-state index in [1.54, 1.807) is 49.4 Å². The summed E-state index contributed by atoms with van der Waals surface area (Å²) in [4.78, 5) is 43.3. The van der Waals surface area contributed by atoms with Gasteiger partial charge in [-0.15, -0.1) is 0 Å². The van der Waals surface area contributed by atoms with Crippen molar-refractivity contribution in [2.75, 3.05) is 20.8 Å². The summed E-state index contributed by atoms with van der Waals surface area (Å²) in [6, 6.07) is 11.2. The fraction of sp³-hybridized carbons (Fsp3) is 0.214. The zero-order chi connectivity index (χ0) is 27.4. The predicted molar refractivity (Wildman–Crippen MR) is 142 cm³/mol. The Morgan fingerprint density at radius 3 is 2.50 bits per heavy atom. The van der Waals surface area contributed by atoms with Gasteiger partial charge >= 0.3 is 11.9 Å². The molecule has 0 N–H and O–H groups in total. The van der Waals surface area contributed by atoms with E-state index in [1.165, 1.54) is 43.1 Å². The van der Waals surface area contributed by atoms with Crippen LogP contribution in [0, 0.1) is 0 Å². The Bertz CT molecular complexity index is 1610. The molecule has 1 aromatic heterocycles. The van der Waals surface area contributed by atoms with Gasteiger partial charge in [-0.05, 0) is 36.8 Å². The lowest BCUT2D eigenvalue weighted by molar-refractivity contribution is -0.138. The maximum absolute atomic E-state index is 13.8. The minimum atomic E-state index is -0.815. The van der Waals surface area contributed by atoms with Crippen LogP contribution in [-0.2, 0) is 14.3 Å². The van der Waals surface area contributed by atoms with Crippen LogP contribution in [0.4, 0.5) is 0 Å². The van der Waals surface area contributed by atoms with Crippen LogP contribution in [0.5, 0.6) is 17.2 Å². The molecule has 0 aliphatic carbocycles. The number of fused-ring (bicyclic) bond motifs is 1. The number of ether oxygens (including phenoxy) is 4. The molecule has 0 saturated carbocycles. The molecule has 0 spiro atoms. The average Bonchev–Trinajstić information content (AvgIpc) is 3.20. The van der Waals surface area contributed by atoms with Crippen molar-refractivity contribution in [1.82, 2.24) is 4.57 Å². The minimum absolute atomic E-state index is 0.00772. The Labute approximate surface area is 222 Å². The molecule has 9 nitrogen and oxygen atoms in total. The smallest absolute Gasteiger partial charge is 0.338 e. The van der Waals surface area contributed by atoms with Crippen molar-refractivity contribution in [2.45, 2.75) is 19.9 Å². The molecule has 3 aromatic rings. The molecule has 1 aliphatic heterocycles. The van der Waals surface area contributed by atoms with Gasteiger partial charge in [-0.3, -0.25) is 14.2 Å². The van der Waals surface area contributed by atoms with Crippen molar-refractivity contribution < 1.29 is 28.5 Å². The van der Waals surface area contributed by atoms with Crippen LogP contribution in [0.25, 0.3) is 6.08 Å². The summed E-state index contributed by atoms with van der Waals surface area (Å²) < 4.78 is 23.3. The number of thiazole rings is 1. The van der Waals surface area contributed by atoms with Gasteiger partial charge in [-0.25, -0.2) is 9.79 Å². The summed E-state index contributed by atoms with van der Waals surface area (Å²) in [5.74, 6) is 0.300. The first kappa shape index (κ1) is 26.6. The van der Waals surface area contributed by atoms with Crippen LogP contribution in [0.2, 0.25) is 0 Å². The van der Waals surface area contributed by atoms with Gasteiger partial charge in [0.15, 0.2) is 16.3 Å². The van der Waals surface area contributed by atoms with E-state index in [9.17, 15) is 14.4 Å². The minimum Gasteiger partial charge on any atom is -0.493 e. The third kappa shape index (κ3) is 5.16. The maximum atomic E-state index is 13.8. The zero-order valence-electron chi connectivity index (χ0n) is 21.3. The second-order valence-electron chi connectivity index (χ2n) is 8.21. The third-order valence-corrected chi connectivity index (χ3v) is 6.73. The maximum Gasteiger partial charge on any atom is 0.338 e. The summed E-state index contributed by atoms with van der Waals surface area (Å²) in [6.07, 6.45) is 3.18. The number of hydrogen-bond donors (Lipinski definition) is 0. The van der Waals surface area contributed by atoms with Gasteiger partial charge in [0.25, 0.3) is 5.56 Å². The molecule has 196 valence electrons. The first-order valence-electron chi connectivity index (χ1n) is 11.6. The molecule has 0 bridgehead atoms. The molecular formula is C28H26N2O7S. The molecule has 4 rings (SSSR count). The summed E-state index contributed by atoms with van der Waals surface area (Å²) >= 11 is 1.19. The quantitative estimate of drug-likeness (QED) is 0.249. The predicted octanol–water partition coefficient (Wildman–Crippen LogP) is 2.91. The third-order valence-electron chi connectivity index (χ3n) is 5.75. The Hall–Kier alpha value is -4.44. The van der Waals surface area contributed by atoms with Crippen LogP contribution in [0.3, 0.4) is 0 Å². The van der Waals surface area contributed by atoms with E-state index in [2.05, 4.69) is 11.6 Å². The van der Waals surface area contributed by atoms with E-state index in [4.69, 9.17) is 18.9 Å². The van der Waals surface area contributed by atoms with Gasteiger partial charge in [-0.1, -0.05) is 48.3 Å². The fourth-order valence-corrected chi connectivity index (χ4v) is 5.20. The second-order valence-corrected chi connectivity index (χ2v) is 9.22. The molecule has 10 heteroatoms. The van der Waals surface area contributed by atoms with Crippen LogP contribution >= 0.6 is 11.3 Å². The lowest BCUT2D eigenvalue weighted by Gasteiger charge is -2.24. The van der Waals surface area contributed by atoms with E-state index in [1.807, 2.05) is 6.07 Å². The summed E-state index contributed by atoms with van der Waals surface area (Å²) in [5, 5.41) is 0. The molecule has 0 unspecified atom stereocenters. The highest BCUT2D eigenvalue weighted by Crippen LogP contribution is 2.33. The summed E-state index contributed by atoms with van der Waals surface area (Å²) in [7, 11) is 3.07. The molecule has 0 saturated heterocycles. The number of para-hydroxylation sites is 1. The SMILES string of the molecule is C=CCOC(=O)C1=C(C)N=c2s/c(=C\c3cccc(OC)c3OC)c(=O)n2[C@@H]1c1ccc(OC(C)=O)cc1. The summed E-state index contributed by atoms with van der Waals surface area (Å²) in [6.45, 7) is 6.61.